The normalized spacial score (nSPS) is 14.2. The summed E-state index contributed by atoms with van der Waals surface area (Å²) in [5, 5.41) is 8.84. The maximum atomic E-state index is 13.1. The number of nitrogens with zero attached hydrogens (tertiary/aromatic N) is 3. The molecule has 0 unspecified atom stereocenters. The zero-order valence-corrected chi connectivity index (χ0v) is 18.8. The SMILES string of the molecule is Cc1cc(C)cc(-n2nc(C)cc2NC(=O)CN2c3cccc4cccc(c34)S2(=O)=O)c1. The van der Waals surface area contributed by atoms with Crippen LogP contribution in [0.5, 0.6) is 0 Å². The molecule has 1 aromatic heterocycles. The standard InChI is InChI=1S/C24H22N4O3S/c1-15-10-16(2)12-19(11-15)28-22(13-17(3)26-28)25-23(29)14-27-20-8-4-6-18-7-5-9-21(24(18)20)32(27,30)31/h4-13H,14H2,1-3H3,(H,25,29). The molecule has 0 atom stereocenters. The van der Waals surface area contributed by atoms with Crippen LogP contribution in [0, 0.1) is 20.8 Å². The Hall–Kier alpha value is -3.65. The zero-order chi connectivity index (χ0) is 22.6. The molecule has 162 valence electrons. The van der Waals surface area contributed by atoms with Crippen molar-refractivity contribution in [3.63, 3.8) is 0 Å². The van der Waals surface area contributed by atoms with E-state index < -0.39 is 15.9 Å². The quantitative estimate of drug-likeness (QED) is 0.512. The van der Waals surface area contributed by atoms with E-state index in [-0.39, 0.29) is 11.4 Å². The third-order valence-electron chi connectivity index (χ3n) is 5.52. The van der Waals surface area contributed by atoms with Crippen molar-refractivity contribution in [1.29, 1.82) is 0 Å². The van der Waals surface area contributed by atoms with Crippen LogP contribution in [0.25, 0.3) is 16.5 Å². The second kappa shape index (κ2) is 7.20. The molecule has 3 aromatic carbocycles. The van der Waals surface area contributed by atoms with E-state index in [1.807, 2.05) is 45.0 Å². The van der Waals surface area contributed by atoms with Crippen molar-refractivity contribution < 1.29 is 13.2 Å². The number of benzene rings is 3. The van der Waals surface area contributed by atoms with Crippen molar-refractivity contribution in [2.75, 3.05) is 16.2 Å². The fourth-order valence-electron chi connectivity index (χ4n) is 4.30. The van der Waals surface area contributed by atoms with Gasteiger partial charge in [0.15, 0.2) is 0 Å². The van der Waals surface area contributed by atoms with Gasteiger partial charge in [-0.2, -0.15) is 5.10 Å². The maximum absolute atomic E-state index is 13.1. The predicted molar refractivity (Wildman–Crippen MR) is 125 cm³/mol. The molecule has 0 saturated carbocycles. The molecule has 7 nitrogen and oxygen atoms in total. The largest absolute Gasteiger partial charge is 0.309 e. The molecule has 0 radical (unpaired) electrons. The van der Waals surface area contributed by atoms with E-state index in [4.69, 9.17) is 0 Å². The second-order valence-electron chi connectivity index (χ2n) is 8.12. The lowest BCUT2D eigenvalue weighted by molar-refractivity contribution is -0.114. The number of amides is 1. The number of anilines is 2. The first-order valence-corrected chi connectivity index (χ1v) is 11.7. The van der Waals surface area contributed by atoms with Crippen LogP contribution >= 0.6 is 0 Å². The van der Waals surface area contributed by atoms with E-state index in [2.05, 4.69) is 16.5 Å². The van der Waals surface area contributed by atoms with Crippen LogP contribution in [0.2, 0.25) is 0 Å². The average Bonchev–Trinajstić information content (AvgIpc) is 3.19. The second-order valence-corrected chi connectivity index (χ2v) is 9.95. The molecule has 0 bridgehead atoms. The van der Waals surface area contributed by atoms with Gasteiger partial charge in [-0.1, -0.05) is 30.3 Å². The van der Waals surface area contributed by atoms with Crippen LogP contribution in [0.3, 0.4) is 0 Å². The summed E-state index contributed by atoms with van der Waals surface area (Å²) in [6, 6.07) is 18.4. The minimum atomic E-state index is -3.80. The third-order valence-corrected chi connectivity index (χ3v) is 7.32. The summed E-state index contributed by atoms with van der Waals surface area (Å²) in [6.07, 6.45) is 0. The van der Waals surface area contributed by atoms with E-state index in [1.54, 1.807) is 35.0 Å². The first-order valence-electron chi connectivity index (χ1n) is 10.2. The zero-order valence-electron chi connectivity index (χ0n) is 18.0. The van der Waals surface area contributed by atoms with Gasteiger partial charge in [-0.15, -0.1) is 0 Å². The number of rotatable bonds is 4. The van der Waals surface area contributed by atoms with Crippen molar-refractivity contribution in [3.05, 3.63) is 77.5 Å². The highest BCUT2D eigenvalue weighted by Gasteiger charge is 2.36. The minimum absolute atomic E-state index is 0.231. The predicted octanol–water partition coefficient (Wildman–Crippen LogP) is 4.10. The fraction of sp³-hybridized carbons (Fsp3) is 0.167. The van der Waals surface area contributed by atoms with Gasteiger partial charge < -0.3 is 5.32 Å². The Bertz CT molecular complexity index is 1480. The van der Waals surface area contributed by atoms with Crippen molar-refractivity contribution in [2.45, 2.75) is 25.7 Å². The van der Waals surface area contributed by atoms with E-state index in [9.17, 15) is 13.2 Å². The number of nitrogens with one attached hydrogen (secondary N) is 1. The van der Waals surface area contributed by atoms with E-state index >= 15 is 0 Å². The fourth-order valence-corrected chi connectivity index (χ4v) is 5.97. The first-order chi connectivity index (χ1) is 15.2. The Kier molecular flexibility index (Phi) is 4.56. The number of aromatic nitrogens is 2. The van der Waals surface area contributed by atoms with Gasteiger partial charge in [-0.25, -0.2) is 13.1 Å². The van der Waals surface area contributed by atoms with E-state index in [1.165, 1.54) is 4.31 Å². The van der Waals surface area contributed by atoms with Gasteiger partial charge in [-0.3, -0.25) is 9.10 Å². The molecule has 2 heterocycles. The van der Waals surface area contributed by atoms with Crippen LogP contribution < -0.4 is 9.62 Å². The Morgan fingerprint density at radius 1 is 0.969 bits per heavy atom. The number of carbonyl (C=O) groups is 1. The van der Waals surface area contributed by atoms with Crippen LogP contribution in [-0.2, 0) is 14.8 Å². The van der Waals surface area contributed by atoms with Gasteiger partial charge in [0.25, 0.3) is 10.0 Å². The number of hydrogen-bond donors (Lipinski definition) is 1. The van der Waals surface area contributed by atoms with Crippen molar-refractivity contribution in [1.82, 2.24) is 9.78 Å². The van der Waals surface area contributed by atoms with Crippen LogP contribution in [-0.4, -0.2) is 30.7 Å². The molecule has 1 aliphatic rings. The summed E-state index contributed by atoms with van der Waals surface area (Å²) in [7, 11) is -3.80. The lowest BCUT2D eigenvalue weighted by atomic mass is 10.1. The lowest BCUT2D eigenvalue weighted by Gasteiger charge is -2.18. The summed E-state index contributed by atoms with van der Waals surface area (Å²) in [5.41, 5.74) is 4.26. The van der Waals surface area contributed by atoms with Crippen molar-refractivity contribution in [2.24, 2.45) is 0 Å². The van der Waals surface area contributed by atoms with Crippen LogP contribution in [0.15, 0.2) is 65.6 Å². The lowest BCUT2D eigenvalue weighted by Crippen LogP contribution is -2.35. The molecule has 8 heteroatoms. The molecule has 4 aromatic rings. The van der Waals surface area contributed by atoms with E-state index in [0.717, 1.165) is 27.9 Å². The molecule has 1 aliphatic heterocycles. The topological polar surface area (TPSA) is 84.3 Å². The number of carbonyl (C=O) groups excluding carboxylic acids is 1. The van der Waals surface area contributed by atoms with Gasteiger partial charge in [0.2, 0.25) is 5.91 Å². The van der Waals surface area contributed by atoms with Crippen LogP contribution in [0.1, 0.15) is 16.8 Å². The smallest absolute Gasteiger partial charge is 0.265 e. The number of hydrogen-bond acceptors (Lipinski definition) is 4. The molecule has 1 amide bonds. The molecular formula is C24H22N4O3S. The van der Waals surface area contributed by atoms with E-state index in [0.29, 0.717) is 16.9 Å². The molecule has 0 saturated heterocycles. The van der Waals surface area contributed by atoms with Gasteiger partial charge >= 0.3 is 0 Å². The Morgan fingerprint density at radius 2 is 1.66 bits per heavy atom. The van der Waals surface area contributed by atoms with Crippen molar-refractivity contribution in [3.8, 4) is 5.69 Å². The number of aryl methyl sites for hydroxylation is 3. The third kappa shape index (κ3) is 3.23. The summed E-state index contributed by atoms with van der Waals surface area (Å²) in [4.78, 5) is 13.2. The van der Waals surface area contributed by atoms with Gasteiger partial charge in [0.05, 0.1) is 22.0 Å². The van der Waals surface area contributed by atoms with Gasteiger partial charge in [0, 0.05) is 11.5 Å². The monoisotopic (exact) mass is 446 g/mol. The summed E-state index contributed by atoms with van der Waals surface area (Å²) < 4.78 is 29.1. The molecule has 0 spiro atoms. The molecule has 0 aliphatic carbocycles. The highest BCUT2D eigenvalue weighted by Crippen LogP contribution is 2.41. The highest BCUT2D eigenvalue weighted by atomic mass is 32.2. The minimum Gasteiger partial charge on any atom is -0.309 e. The molecular weight excluding hydrogens is 424 g/mol. The molecule has 0 fully saturated rings. The summed E-state index contributed by atoms with van der Waals surface area (Å²) in [5.74, 6) is 0.0497. The highest BCUT2D eigenvalue weighted by molar-refractivity contribution is 7.93. The maximum Gasteiger partial charge on any atom is 0.265 e. The Morgan fingerprint density at radius 3 is 2.38 bits per heavy atom. The Balaban J connectivity index is 1.46. The molecule has 5 rings (SSSR count). The van der Waals surface area contributed by atoms with Crippen molar-refractivity contribution >= 4 is 38.2 Å². The average molecular weight is 447 g/mol. The Labute approximate surface area is 186 Å². The number of sulfonamides is 1. The van der Waals surface area contributed by atoms with Crippen LogP contribution in [0.4, 0.5) is 11.5 Å². The summed E-state index contributed by atoms with van der Waals surface area (Å²) in [6.45, 7) is 5.52. The van der Waals surface area contributed by atoms with Gasteiger partial charge in [0.1, 0.15) is 12.4 Å². The molecule has 1 N–H and O–H groups in total. The first kappa shape index (κ1) is 20.3. The summed E-state index contributed by atoms with van der Waals surface area (Å²) >= 11 is 0. The molecule has 32 heavy (non-hydrogen) atoms. The van der Waals surface area contributed by atoms with Gasteiger partial charge in [-0.05, 0) is 61.5 Å².